The van der Waals surface area contributed by atoms with E-state index in [1.807, 2.05) is 31.2 Å². The van der Waals surface area contributed by atoms with Crippen LogP contribution in [0.15, 0.2) is 35.1 Å². The molecule has 4 rings (SSSR count). The van der Waals surface area contributed by atoms with E-state index in [0.717, 1.165) is 48.7 Å². The maximum Gasteiger partial charge on any atom is 0.261 e. The van der Waals surface area contributed by atoms with E-state index in [4.69, 9.17) is 9.72 Å². The molecule has 7 nitrogen and oxygen atoms in total. The van der Waals surface area contributed by atoms with Gasteiger partial charge in [0.1, 0.15) is 5.82 Å². The van der Waals surface area contributed by atoms with Gasteiger partial charge in [0.25, 0.3) is 5.56 Å². The lowest BCUT2D eigenvalue weighted by atomic mass is 10.1. The summed E-state index contributed by atoms with van der Waals surface area (Å²) in [5.41, 5.74) is 2.84. The molecule has 1 aliphatic heterocycles. The Morgan fingerprint density at radius 2 is 2.19 bits per heavy atom. The summed E-state index contributed by atoms with van der Waals surface area (Å²) in [6.07, 6.45) is 2.07. The zero-order valence-corrected chi connectivity index (χ0v) is 15.8. The molecule has 0 aliphatic carbocycles. The summed E-state index contributed by atoms with van der Waals surface area (Å²) in [5.74, 6) is 0.834. The Balaban J connectivity index is 1.75. The minimum Gasteiger partial charge on any atom is -0.383 e. The molecule has 7 heteroatoms. The Kier molecular flexibility index (Phi) is 5.05. The van der Waals surface area contributed by atoms with Crippen molar-refractivity contribution in [3.8, 4) is 0 Å². The van der Waals surface area contributed by atoms with Crippen LogP contribution >= 0.6 is 0 Å². The van der Waals surface area contributed by atoms with Crippen molar-refractivity contribution >= 4 is 10.9 Å². The molecule has 27 heavy (non-hydrogen) atoms. The second kappa shape index (κ2) is 7.62. The highest BCUT2D eigenvalue weighted by Crippen LogP contribution is 2.32. The Morgan fingerprint density at radius 3 is 2.96 bits per heavy atom. The molecule has 0 spiro atoms. The third-order valence-corrected chi connectivity index (χ3v) is 5.20. The van der Waals surface area contributed by atoms with Crippen LogP contribution < -0.4 is 5.56 Å². The van der Waals surface area contributed by atoms with E-state index < -0.39 is 0 Å². The number of aromatic nitrogens is 4. The van der Waals surface area contributed by atoms with Gasteiger partial charge in [0.15, 0.2) is 0 Å². The molecule has 3 aromatic rings. The van der Waals surface area contributed by atoms with Crippen LogP contribution in [0.5, 0.6) is 0 Å². The number of aromatic amines is 1. The molecule has 1 atom stereocenters. The van der Waals surface area contributed by atoms with Gasteiger partial charge in [-0.2, -0.15) is 5.10 Å². The number of H-pyrrole nitrogens is 1. The number of ether oxygens (including phenoxy) is 1. The van der Waals surface area contributed by atoms with Crippen LogP contribution in [-0.2, 0) is 17.8 Å². The van der Waals surface area contributed by atoms with Crippen LogP contribution in [0.25, 0.3) is 10.9 Å². The summed E-state index contributed by atoms with van der Waals surface area (Å²) in [6.45, 7) is 4.73. The first-order chi connectivity index (χ1) is 13.2. The number of hydrogen-bond acceptors (Lipinski definition) is 5. The predicted molar refractivity (Wildman–Crippen MR) is 104 cm³/mol. The second-order valence-corrected chi connectivity index (χ2v) is 7.11. The van der Waals surface area contributed by atoms with E-state index in [9.17, 15) is 4.79 Å². The monoisotopic (exact) mass is 367 g/mol. The van der Waals surface area contributed by atoms with Crippen molar-refractivity contribution in [1.29, 1.82) is 0 Å². The van der Waals surface area contributed by atoms with Crippen molar-refractivity contribution in [3.63, 3.8) is 0 Å². The first kappa shape index (κ1) is 17.9. The number of rotatable bonds is 6. The third kappa shape index (κ3) is 3.52. The number of hydrogen-bond donors (Lipinski definition) is 1. The number of nitrogens with one attached hydrogen (secondary N) is 1. The van der Waals surface area contributed by atoms with Crippen molar-refractivity contribution < 1.29 is 4.74 Å². The van der Waals surface area contributed by atoms with Gasteiger partial charge in [0.2, 0.25) is 0 Å². The van der Waals surface area contributed by atoms with Crippen LogP contribution in [0.3, 0.4) is 0 Å². The largest absolute Gasteiger partial charge is 0.383 e. The van der Waals surface area contributed by atoms with Crippen molar-refractivity contribution in [2.24, 2.45) is 0 Å². The zero-order chi connectivity index (χ0) is 18.8. The normalized spacial score (nSPS) is 17.8. The molecule has 0 amide bonds. The SMILES string of the molecule is COCCn1c(C2CCCN2Cc2cc(C)[nH]n2)nc2ccccc2c1=O. The maximum absolute atomic E-state index is 13.1. The summed E-state index contributed by atoms with van der Waals surface area (Å²) in [5, 5.41) is 8.03. The van der Waals surface area contributed by atoms with E-state index in [1.165, 1.54) is 0 Å². The highest BCUT2D eigenvalue weighted by molar-refractivity contribution is 5.77. The number of aryl methyl sites for hydroxylation is 1. The van der Waals surface area contributed by atoms with Crippen molar-refractivity contribution in [1.82, 2.24) is 24.6 Å². The number of nitrogens with zero attached hydrogens (tertiary/aromatic N) is 4. The van der Waals surface area contributed by atoms with E-state index in [0.29, 0.717) is 18.5 Å². The molecule has 1 unspecified atom stereocenters. The van der Waals surface area contributed by atoms with Crippen LogP contribution in [0, 0.1) is 6.92 Å². The van der Waals surface area contributed by atoms with Crippen molar-refractivity contribution in [3.05, 3.63) is 57.9 Å². The molecule has 1 saturated heterocycles. The highest BCUT2D eigenvalue weighted by Gasteiger charge is 2.30. The fourth-order valence-corrected chi connectivity index (χ4v) is 3.91. The maximum atomic E-state index is 13.1. The summed E-state index contributed by atoms with van der Waals surface area (Å²) in [6, 6.07) is 9.75. The second-order valence-electron chi connectivity index (χ2n) is 7.11. The number of benzene rings is 1. The van der Waals surface area contributed by atoms with Crippen LogP contribution in [0.1, 0.15) is 36.1 Å². The number of methoxy groups -OCH3 is 1. The first-order valence-corrected chi connectivity index (χ1v) is 9.40. The summed E-state index contributed by atoms with van der Waals surface area (Å²) < 4.78 is 7.04. The molecule has 142 valence electrons. The van der Waals surface area contributed by atoms with Gasteiger partial charge in [-0.05, 0) is 44.5 Å². The lowest BCUT2D eigenvalue weighted by Gasteiger charge is -2.26. The molecule has 2 aromatic heterocycles. The van der Waals surface area contributed by atoms with E-state index >= 15 is 0 Å². The Labute approximate surface area is 158 Å². The van der Waals surface area contributed by atoms with Gasteiger partial charge in [-0.25, -0.2) is 4.98 Å². The molecule has 0 saturated carbocycles. The molecule has 1 N–H and O–H groups in total. The quantitative estimate of drug-likeness (QED) is 0.724. The minimum atomic E-state index is 0.00936. The Bertz CT molecular complexity index is 993. The van der Waals surface area contributed by atoms with Gasteiger partial charge in [-0.1, -0.05) is 12.1 Å². The smallest absolute Gasteiger partial charge is 0.261 e. The number of fused-ring (bicyclic) bond motifs is 1. The lowest BCUT2D eigenvalue weighted by Crippen LogP contribution is -2.33. The average Bonchev–Trinajstić information content (AvgIpc) is 3.30. The van der Waals surface area contributed by atoms with E-state index in [1.54, 1.807) is 11.7 Å². The standard InChI is InChI=1S/C20H25N5O2/c1-14-12-15(23-22-14)13-24-9-5-8-18(24)19-21-17-7-4-3-6-16(17)20(26)25(19)10-11-27-2/h3-4,6-7,12,18H,5,8-11,13H2,1-2H3,(H,22,23). The number of para-hydroxylation sites is 1. The molecular weight excluding hydrogens is 342 g/mol. The lowest BCUT2D eigenvalue weighted by molar-refractivity contribution is 0.178. The van der Waals surface area contributed by atoms with Gasteiger partial charge in [-0.15, -0.1) is 0 Å². The topological polar surface area (TPSA) is 76.0 Å². The summed E-state index contributed by atoms with van der Waals surface area (Å²) in [4.78, 5) is 20.4. The molecular formula is C20H25N5O2. The van der Waals surface area contributed by atoms with Crippen molar-refractivity contribution in [2.45, 2.75) is 38.9 Å². The first-order valence-electron chi connectivity index (χ1n) is 9.40. The molecule has 1 fully saturated rings. The Hall–Kier alpha value is -2.51. The molecule has 1 aromatic carbocycles. The summed E-state index contributed by atoms with van der Waals surface area (Å²) in [7, 11) is 1.65. The fourth-order valence-electron chi connectivity index (χ4n) is 3.91. The van der Waals surface area contributed by atoms with Crippen molar-refractivity contribution in [2.75, 3.05) is 20.3 Å². The van der Waals surface area contributed by atoms with E-state index in [-0.39, 0.29) is 11.6 Å². The zero-order valence-electron chi connectivity index (χ0n) is 15.8. The third-order valence-electron chi connectivity index (χ3n) is 5.20. The van der Waals surface area contributed by atoms with Crippen LogP contribution in [0.4, 0.5) is 0 Å². The predicted octanol–water partition coefficient (Wildman–Crippen LogP) is 2.41. The highest BCUT2D eigenvalue weighted by atomic mass is 16.5. The minimum absolute atomic E-state index is 0.00936. The molecule has 0 bridgehead atoms. The van der Waals surface area contributed by atoms with Gasteiger partial charge in [-0.3, -0.25) is 19.4 Å². The fraction of sp³-hybridized carbons (Fsp3) is 0.450. The van der Waals surface area contributed by atoms with Gasteiger partial charge >= 0.3 is 0 Å². The molecule has 0 radical (unpaired) electrons. The Morgan fingerprint density at radius 1 is 1.33 bits per heavy atom. The molecule has 1 aliphatic rings. The molecule has 3 heterocycles. The van der Waals surface area contributed by atoms with Gasteiger partial charge in [0, 0.05) is 19.3 Å². The number of likely N-dealkylation sites (tertiary alicyclic amines) is 1. The van der Waals surface area contributed by atoms with Gasteiger partial charge < -0.3 is 4.74 Å². The van der Waals surface area contributed by atoms with E-state index in [2.05, 4.69) is 21.2 Å². The van der Waals surface area contributed by atoms with Crippen LogP contribution in [0.2, 0.25) is 0 Å². The summed E-state index contributed by atoms with van der Waals surface area (Å²) >= 11 is 0. The van der Waals surface area contributed by atoms with Gasteiger partial charge in [0.05, 0.1) is 35.8 Å². The van der Waals surface area contributed by atoms with Crippen LogP contribution in [-0.4, -0.2) is 44.9 Å². The average molecular weight is 367 g/mol.